The molecule has 0 N–H and O–H groups in total. The second-order valence-corrected chi connectivity index (χ2v) is 9.06. The lowest BCUT2D eigenvalue weighted by molar-refractivity contribution is 0.0287. The predicted octanol–water partition coefficient (Wildman–Crippen LogP) is 4.98. The van der Waals surface area contributed by atoms with Gasteiger partial charge in [0.05, 0.1) is 0 Å². The number of nitrogens with zero attached hydrogens (tertiary/aromatic N) is 2. The number of Topliss-reactive ketones (excluding diaryl/α,β-unsaturated/α-hetero) is 1. The lowest BCUT2D eigenvalue weighted by atomic mass is 9.83. The maximum absolute atomic E-state index is 14.3. The summed E-state index contributed by atoms with van der Waals surface area (Å²) in [5, 5.41) is 0. The summed E-state index contributed by atoms with van der Waals surface area (Å²) in [6.07, 6.45) is 1.36. The molecule has 1 saturated heterocycles. The van der Waals surface area contributed by atoms with Crippen LogP contribution in [0.2, 0.25) is 0 Å². The van der Waals surface area contributed by atoms with Crippen LogP contribution in [0.25, 0.3) is 0 Å². The molecule has 1 unspecified atom stereocenters. The average Bonchev–Trinajstić information content (AvgIpc) is 3.12. The van der Waals surface area contributed by atoms with Crippen molar-refractivity contribution in [2.45, 2.75) is 31.8 Å². The van der Waals surface area contributed by atoms with Crippen LogP contribution in [0.3, 0.4) is 0 Å². The van der Waals surface area contributed by atoms with Gasteiger partial charge in [-0.25, -0.2) is 8.78 Å². The van der Waals surface area contributed by atoms with Gasteiger partial charge >= 0.3 is 0 Å². The van der Waals surface area contributed by atoms with Crippen molar-refractivity contribution in [3.05, 3.63) is 106 Å². The van der Waals surface area contributed by atoms with Crippen LogP contribution in [0, 0.1) is 11.6 Å². The van der Waals surface area contributed by atoms with Crippen molar-refractivity contribution >= 4 is 5.78 Å². The van der Waals surface area contributed by atoms with Gasteiger partial charge in [-0.15, -0.1) is 0 Å². The van der Waals surface area contributed by atoms with Crippen LogP contribution >= 0.6 is 0 Å². The molecule has 0 saturated carbocycles. The van der Waals surface area contributed by atoms with Gasteiger partial charge in [0.15, 0.2) is 5.78 Å². The zero-order chi connectivity index (χ0) is 23.0. The lowest BCUT2D eigenvalue weighted by Gasteiger charge is -2.45. The summed E-state index contributed by atoms with van der Waals surface area (Å²) in [7, 11) is 0. The van der Waals surface area contributed by atoms with E-state index in [0.29, 0.717) is 36.2 Å². The highest BCUT2D eigenvalue weighted by molar-refractivity contribution is 6.08. The molecule has 1 fully saturated rings. The molecule has 0 spiro atoms. The van der Waals surface area contributed by atoms with Crippen LogP contribution in [0.4, 0.5) is 8.78 Å². The Morgan fingerprint density at radius 1 is 0.848 bits per heavy atom. The average molecular weight is 447 g/mol. The molecule has 1 atom stereocenters. The Morgan fingerprint density at radius 3 is 2.30 bits per heavy atom. The van der Waals surface area contributed by atoms with Gasteiger partial charge in [-0.3, -0.25) is 14.6 Å². The van der Waals surface area contributed by atoms with Crippen LogP contribution < -0.4 is 0 Å². The minimum absolute atomic E-state index is 0.0621. The number of benzene rings is 3. The fourth-order valence-corrected chi connectivity index (χ4v) is 5.51. The molecule has 0 bridgehead atoms. The fraction of sp³-hybridized carbons (Fsp3) is 0.321. The van der Waals surface area contributed by atoms with E-state index in [0.717, 1.165) is 26.1 Å². The highest BCUT2D eigenvalue weighted by Gasteiger charge is 2.51. The van der Waals surface area contributed by atoms with Crippen LogP contribution in [0.15, 0.2) is 66.7 Å². The number of rotatable bonds is 5. The molecule has 0 radical (unpaired) electrons. The van der Waals surface area contributed by atoms with Crippen LogP contribution in [-0.2, 0) is 24.9 Å². The monoisotopic (exact) mass is 446 g/mol. The molecule has 1 heterocycles. The highest BCUT2D eigenvalue weighted by Crippen LogP contribution is 2.43. The zero-order valence-corrected chi connectivity index (χ0v) is 18.9. The number of aryl methyl sites for hydroxylation is 1. The van der Waals surface area contributed by atoms with Gasteiger partial charge in [-0.2, -0.15) is 0 Å². The second-order valence-electron chi connectivity index (χ2n) is 9.06. The number of carbonyl (C=O) groups excluding carboxylic acids is 1. The molecule has 5 rings (SSSR count). The molecule has 33 heavy (non-hydrogen) atoms. The maximum Gasteiger partial charge on any atom is 0.188 e. The van der Waals surface area contributed by atoms with Crippen molar-refractivity contribution in [2.75, 3.05) is 26.2 Å². The molecule has 5 heteroatoms. The Bertz CT molecular complexity index is 1190. The lowest BCUT2D eigenvalue weighted by Crippen LogP contribution is -2.58. The summed E-state index contributed by atoms with van der Waals surface area (Å²) in [6.45, 7) is 6.05. The van der Waals surface area contributed by atoms with Crippen molar-refractivity contribution in [3.63, 3.8) is 0 Å². The largest absolute Gasteiger partial charge is 0.297 e. The van der Waals surface area contributed by atoms with Crippen LogP contribution in [0.5, 0.6) is 0 Å². The topological polar surface area (TPSA) is 23.6 Å². The molecule has 3 aromatic rings. The minimum atomic E-state index is -0.994. The number of hydrogen-bond donors (Lipinski definition) is 0. The molecular formula is C28H28F2N2O. The van der Waals surface area contributed by atoms with E-state index in [1.165, 1.54) is 35.4 Å². The molecule has 0 aromatic heterocycles. The summed E-state index contributed by atoms with van der Waals surface area (Å²) in [5.74, 6) is -0.777. The zero-order valence-electron chi connectivity index (χ0n) is 18.9. The van der Waals surface area contributed by atoms with Crippen molar-refractivity contribution in [2.24, 2.45) is 0 Å². The van der Waals surface area contributed by atoms with Gasteiger partial charge in [-0.1, -0.05) is 43.3 Å². The Hall–Kier alpha value is -2.89. The van der Waals surface area contributed by atoms with Crippen LogP contribution in [0.1, 0.15) is 39.5 Å². The number of ketones is 1. The van der Waals surface area contributed by atoms with Crippen molar-refractivity contribution in [1.82, 2.24) is 9.80 Å². The summed E-state index contributed by atoms with van der Waals surface area (Å²) < 4.78 is 28.2. The summed E-state index contributed by atoms with van der Waals surface area (Å²) in [5.41, 5.74) is 3.59. The first-order valence-electron chi connectivity index (χ1n) is 11.6. The summed E-state index contributed by atoms with van der Waals surface area (Å²) in [6, 6.07) is 19.2. The molecule has 1 aliphatic heterocycles. The van der Waals surface area contributed by atoms with E-state index in [9.17, 15) is 13.6 Å². The Balaban J connectivity index is 1.43. The SMILES string of the molecule is CCc1ccccc1CN1CCN(C2(c3cccc(F)c3)Cc3cc(F)ccc3C2=O)CC1. The molecule has 170 valence electrons. The number of fused-ring (bicyclic) bond motifs is 1. The molecule has 1 aliphatic carbocycles. The number of carbonyl (C=O) groups is 1. The maximum atomic E-state index is 14.3. The van der Waals surface area contributed by atoms with Crippen molar-refractivity contribution < 1.29 is 13.6 Å². The van der Waals surface area contributed by atoms with Gasteiger partial charge < -0.3 is 0 Å². The number of halogens is 2. The highest BCUT2D eigenvalue weighted by atomic mass is 19.1. The van der Waals surface area contributed by atoms with Gasteiger partial charge in [0.2, 0.25) is 0 Å². The Labute approximate surface area is 193 Å². The van der Waals surface area contributed by atoms with Crippen molar-refractivity contribution in [1.29, 1.82) is 0 Å². The minimum Gasteiger partial charge on any atom is -0.297 e. The summed E-state index contributed by atoms with van der Waals surface area (Å²) in [4.78, 5) is 18.4. The van der Waals surface area contributed by atoms with E-state index >= 15 is 0 Å². The van der Waals surface area contributed by atoms with E-state index in [-0.39, 0.29) is 17.4 Å². The second kappa shape index (κ2) is 8.81. The van der Waals surface area contributed by atoms with Crippen LogP contribution in [-0.4, -0.2) is 41.8 Å². The van der Waals surface area contributed by atoms with E-state index in [1.54, 1.807) is 12.1 Å². The van der Waals surface area contributed by atoms with Gasteiger partial charge in [0.25, 0.3) is 0 Å². The Morgan fingerprint density at radius 2 is 1.58 bits per heavy atom. The molecule has 3 aromatic carbocycles. The first-order valence-corrected chi connectivity index (χ1v) is 11.6. The third kappa shape index (κ3) is 3.90. The molecular weight excluding hydrogens is 418 g/mol. The smallest absolute Gasteiger partial charge is 0.188 e. The van der Waals surface area contributed by atoms with Gasteiger partial charge in [0.1, 0.15) is 17.2 Å². The first-order chi connectivity index (χ1) is 16.0. The molecule has 2 aliphatic rings. The molecule has 0 amide bonds. The standard InChI is InChI=1S/C28H28F2N2O/c1-2-20-6-3-4-7-21(20)19-31-12-14-32(15-13-31)28(23-8-5-9-24(29)17-23)18-22-16-25(30)10-11-26(22)27(28)33/h3-11,16-17H,2,12-15,18-19H2,1H3. The van der Waals surface area contributed by atoms with Crippen molar-refractivity contribution in [3.8, 4) is 0 Å². The number of hydrogen-bond acceptors (Lipinski definition) is 3. The van der Waals surface area contributed by atoms with Gasteiger partial charge in [-0.05, 0) is 59.0 Å². The van der Waals surface area contributed by atoms with E-state index in [2.05, 4.69) is 41.0 Å². The van der Waals surface area contributed by atoms with E-state index < -0.39 is 5.54 Å². The quantitative estimate of drug-likeness (QED) is 0.552. The predicted molar refractivity (Wildman–Crippen MR) is 125 cm³/mol. The first kappa shape index (κ1) is 21.9. The van der Waals surface area contributed by atoms with E-state index in [1.807, 2.05) is 6.07 Å². The number of piperazine rings is 1. The fourth-order valence-electron chi connectivity index (χ4n) is 5.51. The molecule has 3 nitrogen and oxygen atoms in total. The third-order valence-corrected chi connectivity index (χ3v) is 7.24. The Kier molecular flexibility index (Phi) is 5.85. The summed E-state index contributed by atoms with van der Waals surface area (Å²) >= 11 is 0. The normalized spacial score (nSPS) is 21.4. The van der Waals surface area contributed by atoms with Gasteiger partial charge in [0, 0.05) is 44.7 Å². The third-order valence-electron chi connectivity index (χ3n) is 7.24. The van der Waals surface area contributed by atoms with E-state index in [4.69, 9.17) is 0 Å².